The van der Waals surface area contributed by atoms with Crippen molar-refractivity contribution in [3.8, 4) is 18.1 Å². The van der Waals surface area contributed by atoms with E-state index in [4.69, 9.17) is 11.2 Å². The third-order valence-electron chi connectivity index (χ3n) is 3.50. The second-order valence-corrected chi connectivity index (χ2v) is 5.13. The van der Waals surface area contributed by atoms with Crippen molar-refractivity contribution >= 4 is 0 Å². The highest BCUT2D eigenvalue weighted by atomic mass is 16.5. The van der Waals surface area contributed by atoms with E-state index in [-0.39, 0.29) is 0 Å². The van der Waals surface area contributed by atoms with Crippen molar-refractivity contribution in [2.45, 2.75) is 51.5 Å². The van der Waals surface area contributed by atoms with Crippen LogP contribution in [0.25, 0.3) is 0 Å². The summed E-state index contributed by atoms with van der Waals surface area (Å²) < 4.78 is 5.18. The summed E-state index contributed by atoms with van der Waals surface area (Å²) in [5.41, 5.74) is 1.37. The van der Waals surface area contributed by atoms with Gasteiger partial charge in [0.15, 0.2) is 0 Å². The van der Waals surface area contributed by atoms with Crippen LogP contribution in [-0.2, 0) is 6.42 Å². The molecule has 110 valence electrons. The Morgan fingerprint density at radius 2 is 2.00 bits per heavy atom. The van der Waals surface area contributed by atoms with Crippen LogP contribution in [-0.4, -0.2) is 19.7 Å². The molecule has 1 unspecified atom stereocenters. The van der Waals surface area contributed by atoms with Crippen molar-refractivity contribution in [2.24, 2.45) is 0 Å². The summed E-state index contributed by atoms with van der Waals surface area (Å²) >= 11 is 0. The number of rotatable bonds is 10. The monoisotopic (exact) mass is 273 g/mol. The molecule has 0 radical (unpaired) electrons. The molecular weight excluding hydrogens is 246 g/mol. The lowest BCUT2D eigenvalue weighted by atomic mass is 10.0. The number of benzene rings is 1. The number of ether oxygens (including phenoxy) is 1. The summed E-state index contributed by atoms with van der Waals surface area (Å²) in [6.45, 7) is 3.29. The molecule has 0 amide bonds. The fourth-order valence-electron chi connectivity index (χ4n) is 2.28. The van der Waals surface area contributed by atoms with Crippen LogP contribution in [0.3, 0.4) is 0 Å². The molecular formula is C18H27NO. The first-order valence-corrected chi connectivity index (χ1v) is 7.60. The minimum Gasteiger partial charge on any atom is -0.497 e. The maximum Gasteiger partial charge on any atom is 0.118 e. The molecule has 0 aliphatic heterocycles. The number of hydrogen-bond donors (Lipinski definition) is 1. The molecule has 0 saturated heterocycles. The molecule has 1 aromatic carbocycles. The van der Waals surface area contributed by atoms with Crippen molar-refractivity contribution in [1.29, 1.82) is 0 Å². The second-order valence-electron chi connectivity index (χ2n) is 5.13. The number of hydrogen-bond acceptors (Lipinski definition) is 2. The molecule has 0 aliphatic carbocycles. The van der Waals surface area contributed by atoms with Gasteiger partial charge in [-0.2, -0.15) is 0 Å². The summed E-state index contributed by atoms with van der Waals surface area (Å²) in [7, 11) is 1.70. The first kappa shape index (κ1) is 16.6. The van der Waals surface area contributed by atoms with Crippen molar-refractivity contribution in [1.82, 2.24) is 5.32 Å². The second kappa shape index (κ2) is 10.3. The Kier molecular flexibility index (Phi) is 8.58. The van der Waals surface area contributed by atoms with E-state index in [0.29, 0.717) is 6.04 Å². The highest BCUT2D eigenvalue weighted by molar-refractivity contribution is 5.27. The van der Waals surface area contributed by atoms with E-state index < -0.39 is 0 Å². The summed E-state index contributed by atoms with van der Waals surface area (Å²) in [5.74, 6) is 3.64. The number of unbranched alkanes of at least 4 members (excludes halogenated alkanes) is 1. The van der Waals surface area contributed by atoms with Gasteiger partial charge in [0.25, 0.3) is 0 Å². The van der Waals surface area contributed by atoms with E-state index in [9.17, 15) is 0 Å². The zero-order valence-corrected chi connectivity index (χ0v) is 12.8. The van der Waals surface area contributed by atoms with Crippen molar-refractivity contribution in [3.63, 3.8) is 0 Å². The van der Waals surface area contributed by atoms with Crippen LogP contribution in [0.5, 0.6) is 5.75 Å². The van der Waals surface area contributed by atoms with Crippen LogP contribution in [0, 0.1) is 12.3 Å². The van der Waals surface area contributed by atoms with Crippen LogP contribution in [0.15, 0.2) is 24.3 Å². The highest BCUT2D eigenvalue weighted by Gasteiger charge is 2.07. The summed E-state index contributed by atoms with van der Waals surface area (Å²) in [6, 6.07) is 8.93. The van der Waals surface area contributed by atoms with Gasteiger partial charge in [-0.25, -0.2) is 0 Å². The van der Waals surface area contributed by atoms with E-state index >= 15 is 0 Å². The van der Waals surface area contributed by atoms with E-state index in [0.717, 1.165) is 38.0 Å². The smallest absolute Gasteiger partial charge is 0.118 e. The Hall–Kier alpha value is -1.46. The van der Waals surface area contributed by atoms with Gasteiger partial charge < -0.3 is 10.1 Å². The van der Waals surface area contributed by atoms with Gasteiger partial charge in [-0.05, 0) is 56.3 Å². The SMILES string of the molecule is C#CCCCC(CCc1ccc(OC)cc1)NCCC. The predicted molar refractivity (Wildman–Crippen MR) is 86.1 cm³/mol. The van der Waals surface area contributed by atoms with Crippen LogP contribution in [0.2, 0.25) is 0 Å². The zero-order chi connectivity index (χ0) is 14.6. The summed E-state index contributed by atoms with van der Waals surface area (Å²) in [4.78, 5) is 0. The van der Waals surface area contributed by atoms with Gasteiger partial charge in [0.2, 0.25) is 0 Å². The largest absolute Gasteiger partial charge is 0.497 e. The highest BCUT2D eigenvalue weighted by Crippen LogP contribution is 2.14. The Morgan fingerprint density at radius 3 is 2.60 bits per heavy atom. The molecule has 0 fully saturated rings. The first-order valence-electron chi connectivity index (χ1n) is 7.60. The lowest BCUT2D eigenvalue weighted by Crippen LogP contribution is -2.30. The van der Waals surface area contributed by atoms with Crippen molar-refractivity contribution < 1.29 is 4.74 Å². The Labute approximate surface area is 123 Å². The first-order chi connectivity index (χ1) is 9.80. The Morgan fingerprint density at radius 1 is 1.25 bits per heavy atom. The molecule has 0 heterocycles. The number of terminal acetylenes is 1. The zero-order valence-electron chi connectivity index (χ0n) is 12.8. The molecule has 2 heteroatoms. The lowest BCUT2D eigenvalue weighted by Gasteiger charge is -2.18. The Balaban J connectivity index is 2.40. The van der Waals surface area contributed by atoms with E-state index in [1.54, 1.807) is 7.11 Å². The third kappa shape index (κ3) is 6.63. The topological polar surface area (TPSA) is 21.3 Å². The van der Waals surface area contributed by atoms with Crippen LogP contribution >= 0.6 is 0 Å². The van der Waals surface area contributed by atoms with Crippen molar-refractivity contribution in [2.75, 3.05) is 13.7 Å². The molecule has 0 aromatic heterocycles. The lowest BCUT2D eigenvalue weighted by molar-refractivity contribution is 0.414. The fraction of sp³-hybridized carbons (Fsp3) is 0.556. The normalized spacial score (nSPS) is 11.8. The molecule has 1 atom stereocenters. The van der Waals surface area contributed by atoms with Gasteiger partial charge >= 0.3 is 0 Å². The van der Waals surface area contributed by atoms with Gasteiger partial charge in [-0.15, -0.1) is 12.3 Å². The minimum absolute atomic E-state index is 0.574. The standard InChI is InChI=1S/C18H27NO/c1-4-6-7-8-17(19-15-5-2)12-9-16-10-13-18(20-3)14-11-16/h1,10-11,13-14,17,19H,5-9,12,15H2,2-3H3. The van der Waals surface area contributed by atoms with Gasteiger partial charge in [0.1, 0.15) is 5.75 Å². The average molecular weight is 273 g/mol. The van der Waals surface area contributed by atoms with Gasteiger partial charge in [-0.3, -0.25) is 0 Å². The number of methoxy groups -OCH3 is 1. The molecule has 2 nitrogen and oxygen atoms in total. The summed E-state index contributed by atoms with van der Waals surface area (Å²) in [5, 5.41) is 3.63. The minimum atomic E-state index is 0.574. The van der Waals surface area contributed by atoms with Crippen LogP contribution in [0.1, 0.15) is 44.6 Å². The molecule has 1 aromatic rings. The van der Waals surface area contributed by atoms with Crippen LogP contribution < -0.4 is 10.1 Å². The van der Waals surface area contributed by atoms with Gasteiger partial charge in [0, 0.05) is 12.5 Å². The van der Waals surface area contributed by atoms with Gasteiger partial charge in [-0.1, -0.05) is 19.1 Å². The molecule has 1 N–H and O–H groups in total. The molecule has 0 spiro atoms. The third-order valence-corrected chi connectivity index (χ3v) is 3.50. The van der Waals surface area contributed by atoms with E-state index in [1.807, 2.05) is 12.1 Å². The number of nitrogens with one attached hydrogen (secondary N) is 1. The maximum absolute atomic E-state index is 5.32. The summed E-state index contributed by atoms with van der Waals surface area (Å²) in [6.07, 6.45) is 11.9. The van der Waals surface area contributed by atoms with E-state index in [1.165, 1.54) is 18.4 Å². The molecule has 0 bridgehead atoms. The average Bonchev–Trinajstić information content (AvgIpc) is 2.50. The Bertz CT molecular complexity index is 391. The molecule has 0 saturated carbocycles. The maximum atomic E-state index is 5.32. The fourth-order valence-corrected chi connectivity index (χ4v) is 2.28. The van der Waals surface area contributed by atoms with Gasteiger partial charge in [0.05, 0.1) is 7.11 Å². The van der Waals surface area contributed by atoms with E-state index in [2.05, 4.69) is 30.3 Å². The number of aryl methyl sites for hydroxylation is 1. The molecule has 1 rings (SSSR count). The van der Waals surface area contributed by atoms with Crippen LogP contribution in [0.4, 0.5) is 0 Å². The van der Waals surface area contributed by atoms with Crippen molar-refractivity contribution in [3.05, 3.63) is 29.8 Å². The quantitative estimate of drug-likeness (QED) is 0.517. The molecule has 0 aliphatic rings. The predicted octanol–water partition coefficient (Wildman–Crippen LogP) is 3.80. The molecule has 20 heavy (non-hydrogen) atoms.